The van der Waals surface area contributed by atoms with Gasteiger partial charge >= 0.3 is 0 Å². The number of rotatable bonds is 7. The Hall–Kier alpha value is -2.38. The summed E-state index contributed by atoms with van der Waals surface area (Å²) in [5.74, 6) is 0. The van der Waals surface area contributed by atoms with Crippen LogP contribution in [-0.2, 0) is 11.2 Å². The molecule has 0 bridgehead atoms. The highest BCUT2D eigenvalue weighted by Gasteiger charge is 2.08. The highest BCUT2D eigenvalue weighted by Crippen LogP contribution is 2.30. The van der Waals surface area contributed by atoms with Crippen LogP contribution in [0.2, 0.25) is 0 Å². The van der Waals surface area contributed by atoms with E-state index < -0.39 is 0 Å². The summed E-state index contributed by atoms with van der Waals surface area (Å²) in [6.45, 7) is 5.06. The summed E-state index contributed by atoms with van der Waals surface area (Å²) < 4.78 is 5.90. The van der Waals surface area contributed by atoms with Gasteiger partial charge in [0.25, 0.3) is 0 Å². The van der Waals surface area contributed by atoms with Gasteiger partial charge in [-0.2, -0.15) is 0 Å². The Labute approximate surface area is 151 Å². The zero-order valence-electron chi connectivity index (χ0n) is 15.1. The summed E-state index contributed by atoms with van der Waals surface area (Å²) in [6, 6.07) is 28.0. The molecule has 3 aromatic rings. The predicted molar refractivity (Wildman–Crippen MR) is 107 cm³/mol. The van der Waals surface area contributed by atoms with Gasteiger partial charge in [-0.1, -0.05) is 79.7 Å². The Kier molecular flexibility index (Phi) is 6.03. The van der Waals surface area contributed by atoms with Crippen LogP contribution in [-0.4, -0.2) is 12.7 Å². The molecule has 1 atom stereocenters. The van der Waals surface area contributed by atoms with Crippen molar-refractivity contribution in [3.8, 4) is 22.3 Å². The average molecular weight is 330 g/mol. The molecule has 0 saturated heterocycles. The van der Waals surface area contributed by atoms with E-state index in [1.165, 1.54) is 27.8 Å². The van der Waals surface area contributed by atoms with Crippen LogP contribution in [0.1, 0.15) is 25.8 Å². The number of hydrogen-bond acceptors (Lipinski definition) is 1. The van der Waals surface area contributed by atoms with Gasteiger partial charge in [0.05, 0.1) is 12.7 Å². The number of benzene rings is 3. The topological polar surface area (TPSA) is 9.23 Å². The average Bonchev–Trinajstić information content (AvgIpc) is 2.69. The summed E-state index contributed by atoms with van der Waals surface area (Å²) in [6.07, 6.45) is 2.31. The quantitative estimate of drug-likeness (QED) is 0.488. The standard InChI is InChI=1S/C24H26O/c1-3-19(2)25-17-16-22-14-15-23(20-10-6-4-7-11-20)18-24(22)21-12-8-5-9-13-21/h4-15,18-19H,3,16-17H2,1-2H3. The first-order chi connectivity index (χ1) is 12.3. The smallest absolute Gasteiger partial charge is 0.0544 e. The summed E-state index contributed by atoms with van der Waals surface area (Å²) in [4.78, 5) is 0. The lowest BCUT2D eigenvalue weighted by molar-refractivity contribution is 0.0660. The van der Waals surface area contributed by atoms with E-state index >= 15 is 0 Å². The highest BCUT2D eigenvalue weighted by atomic mass is 16.5. The van der Waals surface area contributed by atoms with Crippen molar-refractivity contribution >= 4 is 0 Å². The van der Waals surface area contributed by atoms with Gasteiger partial charge in [-0.15, -0.1) is 0 Å². The fraction of sp³-hybridized carbons (Fsp3) is 0.250. The molecule has 0 spiro atoms. The van der Waals surface area contributed by atoms with E-state index in [0.717, 1.165) is 19.4 Å². The molecule has 3 rings (SSSR count). The molecule has 1 heteroatoms. The van der Waals surface area contributed by atoms with E-state index in [9.17, 15) is 0 Å². The third-order valence-corrected chi connectivity index (χ3v) is 4.65. The van der Waals surface area contributed by atoms with E-state index in [-0.39, 0.29) is 0 Å². The van der Waals surface area contributed by atoms with Crippen molar-refractivity contribution in [1.29, 1.82) is 0 Å². The number of hydrogen-bond donors (Lipinski definition) is 0. The van der Waals surface area contributed by atoms with Crippen molar-refractivity contribution < 1.29 is 4.74 Å². The highest BCUT2D eigenvalue weighted by molar-refractivity contribution is 5.75. The zero-order valence-corrected chi connectivity index (χ0v) is 15.1. The van der Waals surface area contributed by atoms with Crippen LogP contribution in [0.25, 0.3) is 22.3 Å². The first kappa shape index (κ1) is 17.4. The second-order valence-electron chi connectivity index (χ2n) is 6.44. The number of ether oxygens (including phenoxy) is 1. The van der Waals surface area contributed by atoms with E-state index in [4.69, 9.17) is 4.74 Å². The van der Waals surface area contributed by atoms with Gasteiger partial charge in [-0.3, -0.25) is 0 Å². The lowest BCUT2D eigenvalue weighted by Gasteiger charge is -2.15. The minimum Gasteiger partial charge on any atom is -0.378 e. The third kappa shape index (κ3) is 4.58. The molecule has 0 radical (unpaired) electrons. The van der Waals surface area contributed by atoms with Crippen LogP contribution in [0.4, 0.5) is 0 Å². The summed E-state index contributed by atoms with van der Waals surface area (Å²) in [5.41, 5.74) is 6.41. The summed E-state index contributed by atoms with van der Waals surface area (Å²) >= 11 is 0. The molecule has 3 aromatic carbocycles. The molecule has 25 heavy (non-hydrogen) atoms. The fourth-order valence-electron chi connectivity index (χ4n) is 2.98. The molecule has 0 heterocycles. The van der Waals surface area contributed by atoms with Gasteiger partial charge in [0.15, 0.2) is 0 Å². The van der Waals surface area contributed by atoms with Crippen molar-refractivity contribution in [3.05, 3.63) is 84.4 Å². The minimum atomic E-state index is 0.323. The van der Waals surface area contributed by atoms with Crippen molar-refractivity contribution in [1.82, 2.24) is 0 Å². The van der Waals surface area contributed by atoms with Gasteiger partial charge < -0.3 is 4.74 Å². The van der Waals surface area contributed by atoms with Crippen LogP contribution in [0, 0.1) is 0 Å². The van der Waals surface area contributed by atoms with Gasteiger partial charge in [0, 0.05) is 0 Å². The van der Waals surface area contributed by atoms with Crippen molar-refractivity contribution in [2.24, 2.45) is 0 Å². The van der Waals surface area contributed by atoms with Crippen LogP contribution in [0.5, 0.6) is 0 Å². The van der Waals surface area contributed by atoms with Crippen molar-refractivity contribution in [2.75, 3.05) is 6.61 Å². The zero-order chi connectivity index (χ0) is 17.5. The van der Waals surface area contributed by atoms with E-state index in [0.29, 0.717) is 6.10 Å². The maximum atomic E-state index is 5.90. The Morgan fingerprint density at radius 2 is 1.40 bits per heavy atom. The first-order valence-corrected chi connectivity index (χ1v) is 9.13. The van der Waals surface area contributed by atoms with Gasteiger partial charge in [0.2, 0.25) is 0 Å². The molecule has 0 N–H and O–H groups in total. The Balaban J connectivity index is 1.92. The van der Waals surface area contributed by atoms with Crippen LogP contribution < -0.4 is 0 Å². The largest absolute Gasteiger partial charge is 0.378 e. The maximum Gasteiger partial charge on any atom is 0.0544 e. The Morgan fingerprint density at radius 3 is 2.04 bits per heavy atom. The molecule has 128 valence electrons. The summed E-state index contributed by atoms with van der Waals surface area (Å²) in [5, 5.41) is 0. The lowest BCUT2D eigenvalue weighted by atomic mass is 9.93. The Bertz CT molecular complexity index is 778. The fourth-order valence-corrected chi connectivity index (χ4v) is 2.98. The SMILES string of the molecule is CCC(C)OCCc1ccc(-c2ccccc2)cc1-c1ccccc1. The molecule has 0 aliphatic carbocycles. The van der Waals surface area contributed by atoms with E-state index in [1.54, 1.807) is 0 Å². The second kappa shape index (κ2) is 8.64. The molecule has 0 amide bonds. The minimum absolute atomic E-state index is 0.323. The molecule has 1 nitrogen and oxygen atoms in total. The van der Waals surface area contributed by atoms with Gasteiger partial charge in [0.1, 0.15) is 0 Å². The molecule has 0 aromatic heterocycles. The van der Waals surface area contributed by atoms with Crippen LogP contribution in [0.15, 0.2) is 78.9 Å². The van der Waals surface area contributed by atoms with Crippen molar-refractivity contribution in [3.63, 3.8) is 0 Å². The Morgan fingerprint density at radius 1 is 0.760 bits per heavy atom. The summed E-state index contributed by atoms with van der Waals surface area (Å²) in [7, 11) is 0. The first-order valence-electron chi connectivity index (χ1n) is 9.13. The molecule has 0 aliphatic rings. The maximum absolute atomic E-state index is 5.90. The van der Waals surface area contributed by atoms with Crippen LogP contribution >= 0.6 is 0 Å². The normalized spacial score (nSPS) is 12.1. The monoisotopic (exact) mass is 330 g/mol. The predicted octanol–water partition coefficient (Wildman–Crippen LogP) is 6.38. The molecule has 0 saturated carbocycles. The molecule has 1 unspecified atom stereocenters. The lowest BCUT2D eigenvalue weighted by Crippen LogP contribution is -2.09. The molecule has 0 aliphatic heterocycles. The van der Waals surface area contributed by atoms with E-state index in [1.807, 2.05) is 0 Å². The molecular formula is C24H26O. The molecular weight excluding hydrogens is 304 g/mol. The van der Waals surface area contributed by atoms with Gasteiger partial charge in [-0.05, 0) is 53.6 Å². The second-order valence-corrected chi connectivity index (χ2v) is 6.44. The van der Waals surface area contributed by atoms with E-state index in [2.05, 4.69) is 92.7 Å². The van der Waals surface area contributed by atoms with Crippen LogP contribution in [0.3, 0.4) is 0 Å². The van der Waals surface area contributed by atoms with Gasteiger partial charge in [-0.25, -0.2) is 0 Å². The molecule has 0 fully saturated rings. The third-order valence-electron chi connectivity index (χ3n) is 4.65. The van der Waals surface area contributed by atoms with Crippen molar-refractivity contribution in [2.45, 2.75) is 32.8 Å².